The first-order valence-corrected chi connectivity index (χ1v) is 8.03. The third kappa shape index (κ3) is 4.94. The molecule has 0 fully saturated rings. The van der Waals surface area contributed by atoms with E-state index in [9.17, 15) is 4.79 Å². The predicted octanol–water partition coefficient (Wildman–Crippen LogP) is -0.0669. The molecule has 0 saturated heterocycles. The SMILES string of the molecule is Cc1nc2n(n1)CC(NC(=NCC(=O)N(C)C)NC(C)C)CC2. The van der Waals surface area contributed by atoms with Gasteiger partial charge in [-0.2, -0.15) is 5.10 Å². The van der Waals surface area contributed by atoms with Crippen LogP contribution in [-0.4, -0.2) is 64.3 Å². The lowest BCUT2D eigenvalue weighted by atomic mass is 10.1. The summed E-state index contributed by atoms with van der Waals surface area (Å²) in [6, 6.07) is 0.464. The van der Waals surface area contributed by atoms with E-state index in [0.29, 0.717) is 5.96 Å². The molecular formula is C15H27N7O. The Bertz CT molecular complexity index is 576. The van der Waals surface area contributed by atoms with Gasteiger partial charge in [-0.05, 0) is 27.2 Å². The summed E-state index contributed by atoms with van der Waals surface area (Å²) in [5.41, 5.74) is 0. The minimum Gasteiger partial charge on any atom is -0.354 e. The van der Waals surface area contributed by atoms with E-state index in [2.05, 4.69) is 25.7 Å². The van der Waals surface area contributed by atoms with Crippen LogP contribution in [0.1, 0.15) is 31.9 Å². The first kappa shape index (κ1) is 17.2. The minimum absolute atomic E-state index is 0.0207. The molecular weight excluding hydrogens is 294 g/mol. The number of aryl methyl sites for hydroxylation is 2. The van der Waals surface area contributed by atoms with Crippen molar-refractivity contribution in [2.24, 2.45) is 4.99 Å². The van der Waals surface area contributed by atoms with Crippen LogP contribution in [0.4, 0.5) is 0 Å². The van der Waals surface area contributed by atoms with Crippen LogP contribution in [-0.2, 0) is 17.8 Å². The monoisotopic (exact) mass is 321 g/mol. The molecule has 8 heteroatoms. The van der Waals surface area contributed by atoms with Gasteiger partial charge < -0.3 is 15.5 Å². The summed E-state index contributed by atoms with van der Waals surface area (Å²) in [4.78, 5) is 22.1. The van der Waals surface area contributed by atoms with Gasteiger partial charge in [0.2, 0.25) is 5.91 Å². The molecule has 1 aliphatic rings. The highest BCUT2D eigenvalue weighted by Crippen LogP contribution is 2.12. The predicted molar refractivity (Wildman–Crippen MR) is 89.3 cm³/mol. The van der Waals surface area contributed by atoms with Crippen molar-refractivity contribution in [2.75, 3.05) is 20.6 Å². The lowest BCUT2D eigenvalue weighted by Crippen LogP contribution is -2.49. The van der Waals surface area contributed by atoms with E-state index in [4.69, 9.17) is 0 Å². The highest BCUT2D eigenvalue weighted by Gasteiger charge is 2.22. The van der Waals surface area contributed by atoms with Crippen molar-refractivity contribution in [1.29, 1.82) is 0 Å². The second-order valence-electron chi connectivity index (χ2n) is 6.39. The molecule has 0 bridgehead atoms. The summed E-state index contributed by atoms with van der Waals surface area (Å²) >= 11 is 0. The molecule has 1 atom stereocenters. The van der Waals surface area contributed by atoms with Crippen LogP contribution in [0.15, 0.2) is 4.99 Å². The van der Waals surface area contributed by atoms with E-state index in [1.807, 2.05) is 25.5 Å². The van der Waals surface area contributed by atoms with E-state index in [1.54, 1.807) is 19.0 Å². The molecule has 2 rings (SSSR count). The fraction of sp³-hybridized carbons (Fsp3) is 0.733. The van der Waals surface area contributed by atoms with Crippen molar-refractivity contribution in [3.05, 3.63) is 11.6 Å². The third-order valence-electron chi connectivity index (χ3n) is 3.60. The van der Waals surface area contributed by atoms with Crippen molar-refractivity contribution in [1.82, 2.24) is 30.3 Å². The van der Waals surface area contributed by atoms with E-state index >= 15 is 0 Å². The Hall–Kier alpha value is -2.12. The van der Waals surface area contributed by atoms with E-state index in [0.717, 1.165) is 31.0 Å². The van der Waals surface area contributed by atoms with Gasteiger partial charge in [-0.3, -0.25) is 4.79 Å². The normalized spacial score (nSPS) is 17.8. The number of amides is 1. The summed E-state index contributed by atoms with van der Waals surface area (Å²) < 4.78 is 1.95. The quantitative estimate of drug-likeness (QED) is 0.599. The number of likely N-dealkylation sites (N-methyl/N-ethyl adjacent to an activating group) is 1. The van der Waals surface area contributed by atoms with Gasteiger partial charge in [0.15, 0.2) is 5.96 Å². The molecule has 0 radical (unpaired) electrons. The van der Waals surface area contributed by atoms with Gasteiger partial charge in [0.25, 0.3) is 0 Å². The van der Waals surface area contributed by atoms with E-state index < -0.39 is 0 Å². The van der Waals surface area contributed by atoms with Crippen LogP contribution in [0.3, 0.4) is 0 Å². The van der Waals surface area contributed by atoms with Crippen LogP contribution in [0.25, 0.3) is 0 Å². The zero-order valence-electron chi connectivity index (χ0n) is 14.6. The van der Waals surface area contributed by atoms with E-state index in [-0.39, 0.29) is 24.5 Å². The maximum atomic E-state index is 11.7. The average molecular weight is 321 g/mol. The number of aromatic nitrogens is 3. The lowest BCUT2D eigenvalue weighted by Gasteiger charge is -2.26. The second-order valence-corrected chi connectivity index (χ2v) is 6.39. The van der Waals surface area contributed by atoms with Crippen LogP contribution < -0.4 is 10.6 Å². The Morgan fingerprint density at radius 1 is 1.48 bits per heavy atom. The average Bonchev–Trinajstić information content (AvgIpc) is 2.83. The number of nitrogens with zero attached hydrogens (tertiary/aromatic N) is 5. The fourth-order valence-corrected chi connectivity index (χ4v) is 2.44. The molecule has 2 N–H and O–H groups in total. The standard InChI is InChI=1S/C15H27N7O/c1-10(2)17-15(16-8-14(23)21(4)5)19-12-6-7-13-18-11(3)20-22(13)9-12/h10,12H,6-9H2,1-5H3,(H2,16,17,19). The van der Waals surface area contributed by atoms with Gasteiger partial charge in [0, 0.05) is 32.6 Å². The van der Waals surface area contributed by atoms with Gasteiger partial charge in [-0.25, -0.2) is 14.7 Å². The van der Waals surface area contributed by atoms with Gasteiger partial charge in [0.1, 0.15) is 18.2 Å². The Labute approximate surface area is 137 Å². The van der Waals surface area contributed by atoms with Crippen molar-refractivity contribution in [2.45, 2.75) is 52.2 Å². The van der Waals surface area contributed by atoms with Gasteiger partial charge in [-0.1, -0.05) is 0 Å². The third-order valence-corrected chi connectivity index (χ3v) is 3.60. The summed E-state index contributed by atoms with van der Waals surface area (Å²) in [6.45, 7) is 6.90. The zero-order chi connectivity index (χ0) is 17.0. The van der Waals surface area contributed by atoms with Crippen molar-refractivity contribution < 1.29 is 4.79 Å². The Morgan fingerprint density at radius 3 is 2.87 bits per heavy atom. The zero-order valence-corrected chi connectivity index (χ0v) is 14.6. The maximum Gasteiger partial charge on any atom is 0.243 e. The second kappa shape index (κ2) is 7.43. The number of rotatable bonds is 4. The summed E-state index contributed by atoms with van der Waals surface area (Å²) in [6.07, 6.45) is 1.86. The van der Waals surface area contributed by atoms with Crippen molar-refractivity contribution >= 4 is 11.9 Å². The molecule has 128 valence electrons. The molecule has 1 unspecified atom stereocenters. The Balaban J connectivity index is 2.00. The molecule has 8 nitrogen and oxygen atoms in total. The molecule has 1 amide bonds. The number of carbonyl (C=O) groups is 1. The molecule has 1 aliphatic heterocycles. The van der Waals surface area contributed by atoms with Gasteiger partial charge in [0.05, 0.1) is 6.54 Å². The van der Waals surface area contributed by atoms with Crippen LogP contribution >= 0.6 is 0 Å². The summed E-state index contributed by atoms with van der Waals surface area (Å²) in [7, 11) is 3.47. The molecule has 1 aromatic rings. The number of guanidine groups is 1. The molecule has 0 saturated carbocycles. The number of hydrogen-bond acceptors (Lipinski definition) is 4. The first-order chi connectivity index (χ1) is 10.8. The lowest BCUT2D eigenvalue weighted by molar-refractivity contribution is -0.127. The van der Waals surface area contributed by atoms with E-state index in [1.165, 1.54) is 0 Å². The topological polar surface area (TPSA) is 87.4 Å². The molecule has 2 heterocycles. The van der Waals surface area contributed by atoms with Crippen LogP contribution in [0.5, 0.6) is 0 Å². The van der Waals surface area contributed by atoms with Crippen LogP contribution in [0.2, 0.25) is 0 Å². The van der Waals surface area contributed by atoms with Crippen LogP contribution in [0, 0.1) is 6.92 Å². The smallest absolute Gasteiger partial charge is 0.243 e. The van der Waals surface area contributed by atoms with Crippen molar-refractivity contribution in [3.8, 4) is 0 Å². The molecule has 0 aromatic carbocycles. The number of aliphatic imine (C=N–C) groups is 1. The number of hydrogen-bond donors (Lipinski definition) is 2. The first-order valence-electron chi connectivity index (χ1n) is 8.03. The number of fused-ring (bicyclic) bond motifs is 1. The molecule has 23 heavy (non-hydrogen) atoms. The van der Waals surface area contributed by atoms with Gasteiger partial charge in [-0.15, -0.1) is 0 Å². The van der Waals surface area contributed by atoms with Gasteiger partial charge >= 0.3 is 0 Å². The molecule has 1 aromatic heterocycles. The maximum absolute atomic E-state index is 11.7. The Morgan fingerprint density at radius 2 is 2.22 bits per heavy atom. The highest BCUT2D eigenvalue weighted by atomic mass is 16.2. The molecule has 0 aliphatic carbocycles. The Kier molecular flexibility index (Phi) is 5.57. The highest BCUT2D eigenvalue weighted by molar-refractivity contribution is 5.85. The largest absolute Gasteiger partial charge is 0.354 e. The molecule has 0 spiro atoms. The summed E-state index contributed by atoms with van der Waals surface area (Å²) in [5.74, 6) is 2.50. The summed E-state index contributed by atoms with van der Waals surface area (Å²) in [5, 5.41) is 11.1. The van der Waals surface area contributed by atoms with Crippen molar-refractivity contribution in [3.63, 3.8) is 0 Å². The number of nitrogens with one attached hydrogen (secondary N) is 2. The minimum atomic E-state index is -0.0207. The number of carbonyl (C=O) groups excluding carboxylic acids is 1. The fourth-order valence-electron chi connectivity index (χ4n) is 2.44.